The number of carbonyl (C=O) groups excluding carboxylic acids is 1. The first-order valence-corrected chi connectivity index (χ1v) is 9.30. The number of amides is 1. The number of benzene rings is 2. The minimum Gasteiger partial charge on any atom is -0.490 e. The Morgan fingerprint density at radius 1 is 1.04 bits per heavy atom. The van der Waals surface area contributed by atoms with Gasteiger partial charge in [-0.2, -0.15) is 0 Å². The molecule has 1 N–H and O–H groups in total. The average molecular weight is 371 g/mol. The lowest BCUT2D eigenvalue weighted by atomic mass is 10.2. The van der Waals surface area contributed by atoms with Crippen molar-refractivity contribution in [2.45, 2.75) is 26.2 Å². The van der Waals surface area contributed by atoms with Crippen molar-refractivity contribution in [1.82, 2.24) is 0 Å². The summed E-state index contributed by atoms with van der Waals surface area (Å²) in [5.41, 5.74) is 0.701. The number of rotatable bonds is 8. The Morgan fingerprint density at radius 2 is 1.78 bits per heavy atom. The highest BCUT2D eigenvalue weighted by atomic mass is 16.5. The lowest BCUT2D eigenvalue weighted by molar-refractivity contribution is -0.116. The Bertz CT molecular complexity index is 762. The first-order valence-electron chi connectivity index (χ1n) is 9.30. The van der Waals surface area contributed by atoms with Gasteiger partial charge in [0.25, 0.3) is 0 Å². The number of nitrogens with one attached hydrogen (secondary N) is 1. The second-order valence-corrected chi connectivity index (χ2v) is 6.09. The molecule has 0 radical (unpaired) electrons. The largest absolute Gasteiger partial charge is 0.490 e. The highest BCUT2D eigenvalue weighted by molar-refractivity contribution is 5.91. The van der Waals surface area contributed by atoms with Gasteiger partial charge in [-0.25, -0.2) is 0 Å². The summed E-state index contributed by atoms with van der Waals surface area (Å²) in [7, 11) is 0. The van der Waals surface area contributed by atoms with Crippen molar-refractivity contribution in [3.63, 3.8) is 0 Å². The van der Waals surface area contributed by atoms with Crippen LogP contribution in [-0.4, -0.2) is 32.3 Å². The molecule has 1 aliphatic heterocycles. The van der Waals surface area contributed by atoms with Gasteiger partial charge in [0.15, 0.2) is 23.0 Å². The Balaban J connectivity index is 1.44. The van der Waals surface area contributed by atoms with Crippen LogP contribution < -0.4 is 24.3 Å². The van der Waals surface area contributed by atoms with Crippen LogP contribution in [0.1, 0.15) is 26.2 Å². The first kappa shape index (κ1) is 18.9. The first-order chi connectivity index (χ1) is 13.3. The van der Waals surface area contributed by atoms with Gasteiger partial charge in [-0.3, -0.25) is 4.79 Å². The third-order valence-electron chi connectivity index (χ3n) is 3.99. The van der Waals surface area contributed by atoms with Crippen LogP contribution in [0.3, 0.4) is 0 Å². The van der Waals surface area contributed by atoms with E-state index in [4.69, 9.17) is 18.9 Å². The van der Waals surface area contributed by atoms with Crippen LogP contribution in [0.25, 0.3) is 0 Å². The Morgan fingerprint density at radius 3 is 2.56 bits per heavy atom. The SMILES string of the molecule is CCOc1ccccc1OCCCC(=O)Nc1ccc2c(c1)OCCCO2. The zero-order valence-electron chi connectivity index (χ0n) is 15.5. The van der Waals surface area contributed by atoms with Gasteiger partial charge < -0.3 is 24.3 Å². The number of ether oxygens (including phenoxy) is 4. The van der Waals surface area contributed by atoms with Gasteiger partial charge in [-0.05, 0) is 37.6 Å². The Kier molecular flexibility index (Phi) is 6.79. The van der Waals surface area contributed by atoms with Crippen LogP contribution in [0.15, 0.2) is 42.5 Å². The molecule has 0 spiro atoms. The summed E-state index contributed by atoms with van der Waals surface area (Å²) in [4.78, 5) is 12.2. The molecule has 27 heavy (non-hydrogen) atoms. The molecule has 6 heteroatoms. The fourth-order valence-corrected chi connectivity index (χ4v) is 2.72. The van der Waals surface area contributed by atoms with Crippen LogP contribution in [0, 0.1) is 0 Å². The Hall–Kier alpha value is -2.89. The molecule has 2 aromatic rings. The third-order valence-corrected chi connectivity index (χ3v) is 3.99. The fraction of sp³-hybridized carbons (Fsp3) is 0.381. The summed E-state index contributed by atoms with van der Waals surface area (Å²) in [6, 6.07) is 13.0. The maximum Gasteiger partial charge on any atom is 0.224 e. The molecule has 0 bridgehead atoms. The molecule has 1 aliphatic rings. The van der Waals surface area contributed by atoms with Gasteiger partial charge in [0.1, 0.15) is 0 Å². The molecule has 0 aliphatic carbocycles. The molecule has 0 saturated carbocycles. The van der Waals surface area contributed by atoms with E-state index in [-0.39, 0.29) is 5.91 Å². The molecule has 6 nitrogen and oxygen atoms in total. The van der Waals surface area contributed by atoms with Gasteiger partial charge in [-0.15, -0.1) is 0 Å². The standard InChI is InChI=1S/C21H25NO5/c1-2-24-17-7-3-4-8-18(17)25-12-5-9-21(23)22-16-10-11-19-20(15-16)27-14-6-13-26-19/h3-4,7-8,10-11,15H,2,5-6,9,12-14H2,1H3,(H,22,23). The van der Waals surface area contributed by atoms with Gasteiger partial charge in [-0.1, -0.05) is 12.1 Å². The van der Waals surface area contributed by atoms with Crippen molar-refractivity contribution in [3.8, 4) is 23.0 Å². The molecule has 1 amide bonds. The van der Waals surface area contributed by atoms with E-state index in [1.807, 2.05) is 43.3 Å². The molecular formula is C21H25NO5. The lowest BCUT2D eigenvalue weighted by Gasteiger charge is -2.12. The highest BCUT2D eigenvalue weighted by Gasteiger charge is 2.12. The summed E-state index contributed by atoms with van der Waals surface area (Å²) < 4.78 is 22.5. The van der Waals surface area contributed by atoms with Crippen LogP contribution in [0.2, 0.25) is 0 Å². The normalized spacial score (nSPS) is 12.8. The van der Waals surface area contributed by atoms with Crippen LogP contribution >= 0.6 is 0 Å². The number of hydrogen-bond donors (Lipinski definition) is 1. The summed E-state index contributed by atoms with van der Waals surface area (Å²) in [6.45, 7) is 4.22. The van der Waals surface area contributed by atoms with Gasteiger partial charge >= 0.3 is 0 Å². The summed E-state index contributed by atoms with van der Waals surface area (Å²) in [6.07, 6.45) is 1.82. The zero-order valence-corrected chi connectivity index (χ0v) is 15.5. The topological polar surface area (TPSA) is 66.0 Å². The molecule has 0 unspecified atom stereocenters. The second-order valence-electron chi connectivity index (χ2n) is 6.09. The fourth-order valence-electron chi connectivity index (χ4n) is 2.72. The van der Waals surface area contributed by atoms with E-state index in [0.29, 0.717) is 62.2 Å². The molecule has 2 aromatic carbocycles. The van der Waals surface area contributed by atoms with Crippen molar-refractivity contribution in [2.75, 3.05) is 31.7 Å². The molecule has 1 heterocycles. The van der Waals surface area contributed by atoms with Gasteiger partial charge in [0, 0.05) is 24.6 Å². The van der Waals surface area contributed by atoms with Crippen molar-refractivity contribution in [3.05, 3.63) is 42.5 Å². The molecule has 144 valence electrons. The zero-order chi connectivity index (χ0) is 18.9. The minimum absolute atomic E-state index is 0.0637. The molecule has 0 aromatic heterocycles. The summed E-state index contributed by atoms with van der Waals surface area (Å²) in [5.74, 6) is 2.73. The molecular weight excluding hydrogens is 346 g/mol. The van der Waals surface area contributed by atoms with Crippen molar-refractivity contribution in [1.29, 1.82) is 0 Å². The van der Waals surface area contributed by atoms with Crippen molar-refractivity contribution >= 4 is 11.6 Å². The van der Waals surface area contributed by atoms with Crippen LogP contribution in [0.4, 0.5) is 5.69 Å². The van der Waals surface area contributed by atoms with E-state index in [1.54, 1.807) is 6.07 Å². The van der Waals surface area contributed by atoms with E-state index >= 15 is 0 Å². The van der Waals surface area contributed by atoms with E-state index in [9.17, 15) is 4.79 Å². The van der Waals surface area contributed by atoms with E-state index in [2.05, 4.69) is 5.32 Å². The van der Waals surface area contributed by atoms with Gasteiger partial charge in [0.2, 0.25) is 5.91 Å². The number of anilines is 1. The predicted molar refractivity (Wildman–Crippen MR) is 103 cm³/mol. The van der Waals surface area contributed by atoms with Crippen molar-refractivity contribution in [2.24, 2.45) is 0 Å². The quantitative estimate of drug-likeness (QED) is 0.709. The number of fused-ring (bicyclic) bond motifs is 1. The lowest BCUT2D eigenvalue weighted by Crippen LogP contribution is -2.13. The number of para-hydroxylation sites is 2. The molecule has 0 fully saturated rings. The van der Waals surface area contributed by atoms with E-state index in [0.717, 1.165) is 12.2 Å². The second kappa shape index (κ2) is 9.71. The minimum atomic E-state index is -0.0637. The van der Waals surface area contributed by atoms with Crippen molar-refractivity contribution < 1.29 is 23.7 Å². The third kappa shape index (κ3) is 5.54. The van der Waals surface area contributed by atoms with Crippen LogP contribution in [0.5, 0.6) is 23.0 Å². The van der Waals surface area contributed by atoms with E-state index in [1.165, 1.54) is 0 Å². The number of carbonyl (C=O) groups is 1. The molecule has 3 rings (SSSR count). The summed E-state index contributed by atoms with van der Waals surface area (Å²) in [5, 5.41) is 2.89. The average Bonchev–Trinajstić information content (AvgIpc) is 2.91. The predicted octanol–water partition coefficient (Wildman–Crippen LogP) is 4.04. The summed E-state index contributed by atoms with van der Waals surface area (Å²) >= 11 is 0. The monoisotopic (exact) mass is 371 g/mol. The maximum atomic E-state index is 12.2. The maximum absolute atomic E-state index is 12.2. The van der Waals surface area contributed by atoms with E-state index < -0.39 is 0 Å². The Labute approximate surface area is 159 Å². The smallest absolute Gasteiger partial charge is 0.224 e. The van der Waals surface area contributed by atoms with Crippen LogP contribution in [-0.2, 0) is 4.79 Å². The molecule has 0 saturated heterocycles. The molecule has 0 atom stereocenters. The van der Waals surface area contributed by atoms with Gasteiger partial charge in [0.05, 0.1) is 26.4 Å². The number of hydrogen-bond acceptors (Lipinski definition) is 5. The highest BCUT2D eigenvalue weighted by Crippen LogP contribution is 2.32.